The van der Waals surface area contributed by atoms with Gasteiger partial charge in [-0.25, -0.2) is 0 Å². The molecule has 2 atom stereocenters. The van der Waals surface area contributed by atoms with Gasteiger partial charge in [0, 0.05) is 13.2 Å². The molecule has 1 heterocycles. The van der Waals surface area contributed by atoms with Gasteiger partial charge in [-0.3, -0.25) is 14.3 Å². The van der Waals surface area contributed by atoms with E-state index in [1.54, 1.807) is 24.9 Å². The lowest BCUT2D eigenvalue weighted by atomic mass is 9.73. The second-order valence-corrected chi connectivity index (χ2v) is 5.81. The van der Waals surface area contributed by atoms with E-state index in [-0.39, 0.29) is 5.91 Å². The zero-order valence-electron chi connectivity index (χ0n) is 12.1. The molecule has 1 aromatic rings. The number of aliphatic carboxylic acids is 1. The molecule has 2 unspecified atom stereocenters. The first-order chi connectivity index (χ1) is 9.33. The van der Waals surface area contributed by atoms with Gasteiger partial charge in [0.15, 0.2) is 0 Å². The third-order valence-corrected chi connectivity index (χ3v) is 4.16. The van der Waals surface area contributed by atoms with Crippen molar-refractivity contribution in [1.82, 2.24) is 15.1 Å². The second kappa shape index (κ2) is 5.26. The summed E-state index contributed by atoms with van der Waals surface area (Å²) in [5.74, 6) is -1.61. The molecule has 0 saturated heterocycles. The van der Waals surface area contributed by atoms with E-state index < -0.39 is 17.4 Å². The third-order valence-electron chi connectivity index (χ3n) is 4.16. The van der Waals surface area contributed by atoms with Crippen LogP contribution < -0.4 is 5.32 Å². The summed E-state index contributed by atoms with van der Waals surface area (Å²) in [6.45, 7) is 3.60. The number of carboxylic acids is 1. The number of nitrogens with one attached hydrogen (secondary N) is 1. The standard InChI is InChI=1S/C14H21N3O3/c1-9-10(8-17(3)16-9)12(18)15-14(2)7-5-4-6-11(14)13(19)20/h8,11H,4-7H2,1-3H3,(H,15,18)(H,19,20). The van der Waals surface area contributed by atoms with Crippen LogP contribution in [0.4, 0.5) is 0 Å². The molecule has 6 nitrogen and oxygen atoms in total. The summed E-state index contributed by atoms with van der Waals surface area (Å²) in [6, 6.07) is 0. The summed E-state index contributed by atoms with van der Waals surface area (Å²) in [5.41, 5.74) is 0.461. The number of amides is 1. The van der Waals surface area contributed by atoms with E-state index in [2.05, 4.69) is 10.4 Å². The predicted molar refractivity (Wildman–Crippen MR) is 73.4 cm³/mol. The number of aryl methyl sites for hydroxylation is 2. The fourth-order valence-corrected chi connectivity index (χ4v) is 3.03. The summed E-state index contributed by atoms with van der Waals surface area (Å²) in [5, 5.41) is 16.4. The third kappa shape index (κ3) is 2.69. The number of hydrogen-bond acceptors (Lipinski definition) is 3. The van der Waals surface area contributed by atoms with E-state index >= 15 is 0 Å². The molecule has 6 heteroatoms. The molecule has 0 aromatic carbocycles. The van der Waals surface area contributed by atoms with Crippen LogP contribution in [0.15, 0.2) is 6.20 Å². The van der Waals surface area contributed by atoms with Crippen molar-refractivity contribution in [3.8, 4) is 0 Å². The highest BCUT2D eigenvalue weighted by Gasteiger charge is 2.42. The SMILES string of the molecule is Cc1nn(C)cc1C(=O)NC1(C)CCCCC1C(=O)O. The first-order valence-electron chi connectivity index (χ1n) is 6.89. The minimum absolute atomic E-state index is 0.244. The van der Waals surface area contributed by atoms with Gasteiger partial charge in [-0.05, 0) is 26.7 Å². The van der Waals surface area contributed by atoms with Crippen molar-refractivity contribution in [2.75, 3.05) is 0 Å². The van der Waals surface area contributed by atoms with Gasteiger partial charge >= 0.3 is 5.97 Å². The summed E-state index contributed by atoms with van der Waals surface area (Å²) >= 11 is 0. The van der Waals surface area contributed by atoms with Crippen LogP contribution in [0.1, 0.15) is 48.7 Å². The minimum Gasteiger partial charge on any atom is -0.481 e. The Morgan fingerprint density at radius 2 is 2.20 bits per heavy atom. The number of carboxylic acid groups (broad SMARTS) is 1. The Bertz CT molecular complexity index is 538. The van der Waals surface area contributed by atoms with E-state index in [1.807, 2.05) is 6.92 Å². The number of aromatic nitrogens is 2. The average molecular weight is 279 g/mol. The molecular weight excluding hydrogens is 258 g/mol. The molecule has 0 aliphatic heterocycles. The van der Waals surface area contributed by atoms with E-state index in [9.17, 15) is 14.7 Å². The quantitative estimate of drug-likeness (QED) is 0.878. The summed E-state index contributed by atoms with van der Waals surface area (Å²) in [6.07, 6.45) is 4.79. The fourth-order valence-electron chi connectivity index (χ4n) is 3.03. The smallest absolute Gasteiger partial charge is 0.308 e. The fraction of sp³-hybridized carbons (Fsp3) is 0.643. The number of carbonyl (C=O) groups is 2. The first-order valence-corrected chi connectivity index (χ1v) is 6.89. The zero-order chi connectivity index (χ0) is 14.9. The van der Waals surface area contributed by atoms with Crippen molar-refractivity contribution in [3.63, 3.8) is 0 Å². The molecule has 110 valence electrons. The van der Waals surface area contributed by atoms with Gasteiger partial charge in [-0.1, -0.05) is 12.8 Å². The lowest BCUT2D eigenvalue weighted by Crippen LogP contribution is -2.55. The normalized spacial score (nSPS) is 26.2. The maximum absolute atomic E-state index is 12.4. The number of carbonyl (C=O) groups excluding carboxylic acids is 1. The minimum atomic E-state index is -0.838. The molecular formula is C14H21N3O3. The van der Waals surface area contributed by atoms with Crippen LogP contribution in [0, 0.1) is 12.8 Å². The molecule has 0 bridgehead atoms. The first kappa shape index (κ1) is 14.6. The van der Waals surface area contributed by atoms with Crippen molar-refractivity contribution < 1.29 is 14.7 Å². The summed E-state index contributed by atoms with van der Waals surface area (Å²) in [4.78, 5) is 23.8. The Labute approximate surface area is 118 Å². The highest BCUT2D eigenvalue weighted by atomic mass is 16.4. The highest BCUT2D eigenvalue weighted by Crippen LogP contribution is 2.34. The Kier molecular flexibility index (Phi) is 3.83. The average Bonchev–Trinajstić information content (AvgIpc) is 2.68. The topological polar surface area (TPSA) is 84.2 Å². The maximum atomic E-state index is 12.4. The molecule has 0 spiro atoms. The molecule has 1 saturated carbocycles. The molecule has 1 aromatic heterocycles. The predicted octanol–water partition coefficient (Wildman–Crippen LogP) is 1.49. The Morgan fingerprint density at radius 1 is 1.50 bits per heavy atom. The van der Waals surface area contributed by atoms with Crippen LogP contribution in [-0.2, 0) is 11.8 Å². The van der Waals surface area contributed by atoms with Gasteiger partial charge in [0.2, 0.25) is 0 Å². The van der Waals surface area contributed by atoms with Crippen LogP contribution in [0.25, 0.3) is 0 Å². The summed E-state index contributed by atoms with van der Waals surface area (Å²) in [7, 11) is 1.76. The highest BCUT2D eigenvalue weighted by molar-refractivity contribution is 5.95. The van der Waals surface area contributed by atoms with Gasteiger partial charge in [0.05, 0.1) is 22.7 Å². The van der Waals surface area contributed by atoms with Crippen LogP contribution in [0.2, 0.25) is 0 Å². The van der Waals surface area contributed by atoms with Crippen LogP contribution in [0.3, 0.4) is 0 Å². The van der Waals surface area contributed by atoms with Crippen molar-refractivity contribution in [3.05, 3.63) is 17.5 Å². The molecule has 20 heavy (non-hydrogen) atoms. The lowest BCUT2D eigenvalue weighted by Gasteiger charge is -2.39. The van der Waals surface area contributed by atoms with Gasteiger partial charge < -0.3 is 10.4 Å². The summed E-state index contributed by atoms with van der Waals surface area (Å²) < 4.78 is 1.59. The molecule has 2 rings (SSSR count). The lowest BCUT2D eigenvalue weighted by molar-refractivity contribution is -0.145. The number of nitrogens with zero attached hydrogens (tertiary/aromatic N) is 2. The van der Waals surface area contributed by atoms with E-state index in [4.69, 9.17) is 0 Å². The van der Waals surface area contributed by atoms with Gasteiger partial charge in [-0.15, -0.1) is 0 Å². The van der Waals surface area contributed by atoms with Crippen LogP contribution >= 0.6 is 0 Å². The Hall–Kier alpha value is -1.85. The van der Waals surface area contributed by atoms with Crippen molar-refractivity contribution >= 4 is 11.9 Å². The van der Waals surface area contributed by atoms with Crippen molar-refractivity contribution in [2.45, 2.75) is 45.1 Å². The van der Waals surface area contributed by atoms with Gasteiger partial charge in [0.25, 0.3) is 5.91 Å². The van der Waals surface area contributed by atoms with Crippen LogP contribution in [0.5, 0.6) is 0 Å². The van der Waals surface area contributed by atoms with Crippen molar-refractivity contribution in [1.29, 1.82) is 0 Å². The second-order valence-electron chi connectivity index (χ2n) is 5.81. The molecule has 1 amide bonds. The van der Waals surface area contributed by atoms with Gasteiger partial charge in [0.1, 0.15) is 0 Å². The van der Waals surface area contributed by atoms with E-state index in [1.165, 1.54) is 0 Å². The molecule has 1 fully saturated rings. The molecule has 1 aliphatic rings. The van der Waals surface area contributed by atoms with E-state index in [0.29, 0.717) is 24.1 Å². The Morgan fingerprint density at radius 3 is 2.75 bits per heavy atom. The largest absolute Gasteiger partial charge is 0.481 e. The van der Waals surface area contributed by atoms with Gasteiger partial charge in [-0.2, -0.15) is 5.10 Å². The molecule has 0 radical (unpaired) electrons. The van der Waals surface area contributed by atoms with E-state index in [0.717, 1.165) is 12.8 Å². The zero-order valence-corrected chi connectivity index (χ0v) is 12.1. The van der Waals surface area contributed by atoms with Crippen LogP contribution in [-0.4, -0.2) is 32.3 Å². The van der Waals surface area contributed by atoms with Crippen molar-refractivity contribution in [2.24, 2.45) is 13.0 Å². The number of rotatable bonds is 3. The molecule has 1 aliphatic carbocycles. The monoisotopic (exact) mass is 279 g/mol. The number of hydrogen-bond donors (Lipinski definition) is 2. The maximum Gasteiger partial charge on any atom is 0.308 e. The molecule has 2 N–H and O–H groups in total. The Balaban J connectivity index is 2.20.